The van der Waals surface area contributed by atoms with Gasteiger partial charge in [-0.1, -0.05) is 75.2 Å². The molecule has 0 aromatic heterocycles. The third-order valence-electron chi connectivity index (χ3n) is 11.4. The molecule has 11 heteroatoms. The van der Waals surface area contributed by atoms with Gasteiger partial charge in [0.05, 0.1) is 11.1 Å². The van der Waals surface area contributed by atoms with Crippen molar-refractivity contribution in [1.29, 1.82) is 0 Å². The largest absolute Gasteiger partial charge is 0.508 e. The molecule has 1 unspecified atom stereocenters. The highest BCUT2D eigenvalue weighted by atomic mass is 16.5. The zero-order chi connectivity index (χ0) is 41.2. The van der Waals surface area contributed by atoms with E-state index in [1.807, 2.05) is 42.5 Å². The molecule has 11 nitrogen and oxygen atoms in total. The van der Waals surface area contributed by atoms with E-state index in [0.29, 0.717) is 29.4 Å². The van der Waals surface area contributed by atoms with Crippen LogP contribution in [0.1, 0.15) is 65.3 Å². The van der Waals surface area contributed by atoms with Crippen LogP contribution in [0.4, 0.5) is 5.69 Å². The number of aliphatic hydroxyl groups is 1. The van der Waals surface area contributed by atoms with Crippen molar-refractivity contribution < 1.29 is 29.0 Å². The van der Waals surface area contributed by atoms with Gasteiger partial charge in [0.1, 0.15) is 24.2 Å². The normalized spacial score (nSPS) is 20.4. The van der Waals surface area contributed by atoms with Crippen molar-refractivity contribution in [3.63, 3.8) is 0 Å². The molecule has 0 aliphatic carbocycles. The number of anilines is 1. The molecule has 0 bridgehead atoms. The number of imide groups is 2. The summed E-state index contributed by atoms with van der Waals surface area (Å²) in [6.45, 7) is 22.3. The molecule has 304 valence electrons. The van der Waals surface area contributed by atoms with Gasteiger partial charge in [0.2, 0.25) is 11.8 Å². The van der Waals surface area contributed by atoms with E-state index in [-0.39, 0.29) is 24.5 Å². The van der Waals surface area contributed by atoms with Crippen LogP contribution >= 0.6 is 0 Å². The number of nitrogens with zero attached hydrogens (tertiary/aromatic N) is 4. The first kappa shape index (κ1) is 41.8. The number of nitrogens with one attached hydrogen (secondary N) is 1. The van der Waals surface area contributed by atoms with Crippen LogP contribution < -0.4 is 10.2 Å². The van der Waals surface area contributed by atoms with Crippen molar-refractivity contribution in [2.24, 2.45) is 5.92 Å². The van der Waals surface area contributed by atoms with Crippen LogP contribution in [-0.4, -0.2) is 108 Å². The van der Waals surface area contributed by atoms with E-state index in [9.17, 15) is 24.3 Å². The maximum atomic E-state index is 13.3. The minimum absolute atomic E-state index is 0.0915. The standard InChI is InChI=1S/C47H55N5O6/c1-5-38(53)13-10-14-40(39(6-2)36-11-8-7-9-12-36)33(3)15-16-34(4)58-30-29-49-25-27-50(28-26-49)32-35-21-23-51(24-22-35)37-17-18-41-42(31-37)47(57)52(46(41)56)43-19-20-44(54)48-45(43)55/h5,7-18,31,35,43,53H,1,3-4,6,19-30,32H2,2H3,(H,48,54,55)/b14-10+,16-15-,38-13+,40-39-. The fourth-order valence-corrected chi connectivity index (χ4v) is 8.13. The second-order valence-electron chi connectivity index (χ2n) is 15.2. The van der Waals surface area contributed by atoms with Gasteiger partial charge in [-0.05, 0) is 90.3 Å². The number of hydrogen-bond donors (Lipinski definition) is 2. The van der Waals surface area contributed by atoms with Crippen LogP contribution in [-0.2, 0) is 14.3 Å². The number of benzene rings is 2. The van der Waals surface area contributed by atoms with Crippen LogP contribution in [0.3, 0.4) is 0 Å². The molecular weight excluding hydrogens is 731 g/mol. The number of piperidine rings is 2. The van der Waals surface area contributed by atoms with Gasteiger partial charge in [-0.2, -0.15) is 0 Å². The molecular formula is C47H55N5O6. The van der Waals surface area contributed by atoms with Crippen molar-refractivity contribution in [3.05, 3.63) is 144 Å². The lowest BCUT2D eigenvalue weighted by Gasteiger charge is -2.39. The minimum Gasteiger partial charge on any atom is -0.508 e. The van der Waals surface area contributed by atoms with Crippen LogP contribution in [0.2, 0.25) is 0 Å². The Morgan fingerprint density at radius 3 is 2.28 bits per heavy atom. The van der Waals surface area contributed by atoms with Gasteiger partial charge in [0, 0.05) is 64.5 Å². The number of fused-ring (bicyclic) bond motifs is 1. The quantitative estimate of drug-likeness (QED) is 0.110. The van der Waals surface area contributed by atoms with E-state index in [2.05, 4.69) is 58.8 Å². The Balaban J connectivity index is 0.919. The molecule has 6 rings (SSSR count). The summed E-state index contributed by atoms with van der Waals surface area (Å²) in [7, 11) is 0. The zero-order valence-corrected chi connectivity index (χ0v) is 33.5. The molecule has 3 fully saturated rings. The van der Waals surface area contributed by atoms with Crippen molar-refractivity contribution in [2.45, 2.75) is 45.1 Å². The number of hydrogen-bond acceptors (Lipinski definition) is 9. The number of allylic oxidation sites excluding steroid dienone is 9. The molecule has 2 N–H and O–H groups in total. The van der Waals surface area contributed by atoms with Gasteiger partial charge >= 0.3 is 0 Å². The van der Waals surface area contributed by atoms with Gasteiger partial charge in [0.15, 0.2) is 0 Å². The fourth-order valence-electron chi connectivity index (χ4n) is 8.13. The third-order valence-corrected chi connectivity index (χ3v) is 11.4. The summed E-state index contributed by atoms with van der Waals surface area (Å²) in [5.41, 5.74) is 5.57. The predicted octanol–water partition coefficient (Wildman–Crippen LogP) is 6.61. The van der Waals surface area contributed by atoms with E-state index in [0.717, 1.165) is 104 Å². The SMILES string of the molecule is C=C\C(O)=C/C=C/C(C(=C)/C=C\C(=C)OCCN1CCN(CC2CCN(c3ccc4c(c3)C(=O)N(C3CCC(=O)NC3=O)C4=O)CC2)CC1)=C(\CC)c1ccccc1. The first-order valence-electron chi connectivity index (χ1n) is 20.3. The lowest BCUT2D eigenvalue weighted by Crippen LogP contribution is -2.54. The first-order chi connectivity index (χ1) is 28.1. The average molecular weight is 786 g/mol. The minimum atomic E-state index is -0.964. The molecule has 4 heterocycles. The second-order valence-corrected chi connectivity index (χ2v) is 15.2. The maximum absolute atomic E-state index is 13.3. The molecule has 2 aromatic carbocycles. The predicted molar refractivity (Wildman–Crippen MR) is 228 cm³/mol. The van der Waals surface area contributed by atoms with Crippen molar-refractivity contribution in [3.8, 4) is 0 Å². The van der Waals surface area contributed by atoms with Crippen LogP contribution in [0, 0.1) is 5.92 Å². The zero-order valence-electron chi connectivity index (χ0n) is 33.5. The Kier molecular flexibility index (Phi) is 14.1. The molecule has 0 radical (unpaired) electrons. The molecule has 4 aliphatic rings. The van der Waals surface area contributed by atoms with E-state index in [1.54, 1.807) is 24.3 Å². The highest BCUT2D eigenvalue weighted by molar-refractivity contribution is 6.23. The third kappa shape index (κ3) is 10.2. The van der Waals surface area contributed by atoms with E-state index in [1.165, 1.54) is 6.08 Å². The molecule has 2 aromatic rings. The Labute approximate surface area is 342 Å². The molecule has 4 aliphatic heterocycles. The van der Waals surface area contributed by atoms with Crippen molar-refractivity contribution in [1.82, 2.24) is 20.0 Å². The van der Waals surface area contributed by atoms with Crippen LogP contribution in [0.5, 0.6) is 0 Å². The fraction of sp³-hybridized carbons (Fsp3) is 0.362. The Bertz CT molecular complexity index is 2030. The number of amides is 4. The van der Waals surface area contributed by atoms with E-state index >= 15 is 0 Å². The van der Waals surface area contributed by atoms with Gasteiger partial charge < -0.3 is 19.6 Å². The number of ether oxygens (including phenoxy) is 1. The van der Waals surface area contributed by atoms with E-state index < -0.39 is 23.8 Å². The molecule has 3 saturated heterocycles. The van der Waals surface area contributed by atoms with Crippen molar-refractivity contribution >= 4 is 34.9 Å². The summed E-state index contributed by atoms with van der Waals surface area (Å²) < 4.78 is 6.01. The van der Waals surface area contributed by atoms with Gasteiger partial charge in [-0.3, -0.25) is 34.3 Å². The summed E-state index contributed by atoms with van der Waals surface area (Å²) in [5, 5.41) is 12.1. The summed E-state index contributed by atoms with van der Waals surface area (Å²) in [5.74, 6) is -0.694. The molecule has 0 spiro atoms. The van der Waals surface area contributed by atoms with E-state index in [4.69, 9.17) is 4.74 Å². The average Bonchev–Trinajstić information content (AvgIpc) is 3.48. The van der Waals surface area contributed by atoms with Gasteiger partial charge in [-0.25, -0.2) is 0 Å². The van der Waals surface area contributed by atoms with Crippen LogP contribution in [0.25, 0.3) is 5.57 Å². The number of piperazine rings is 1. The summed E-state index contributed by atoms with van der Waals surface area (Å²) >= 11 is 0. The maximum Gasteiger partial charge on any atom is 0.262 e. The Hall–Kier alpha value is -5.78. The lowest BCUT2D eigenvalue weighted by atomic mass is 9.92. The second kappa shape index (κ2) is 19.6. The van der Waals surface area contributed by atoms with Crippen LogP contribution in [0.15, 0.2) is 127 Å². The van der Waals surface area contributed by atoms with Gasteiger partial charge in [-0.15, -0.1) is 0 Å². The number of carbonyl (C=O) groups is 4. The summed E-state index contributed by atoms with van der Waals surface area (Å²) in [6.07, 6.45) is 13.7. The topological polar surface area (TPSA) is 123 Å². The molecule has 1 atom stereocenters. The summed E-state index contributed by atoms with van der Waals surface area (Å²) in [4.78, 5) is 58.8. The monoisotopic (exact) mass is 785 g/mol. The molecule has 0 saturated carbocycles. The smallest absolute Gasteiger partial charge is 0.262 e. The highest BCUT2D eigenvalue weighted by Gasteiger charge is 2.44. The van der Waals surface area contributed by atoms with Gasteiger partial charge in [0.25, 0.3) is 11.8 Å². The van der Waals surface area contributed by atoms with Crippen molar-refractivity contribution in [2.75, 3.05) is 63.9 Å². The highest BCUT2D eigenvalue weighted by Crippen LogP contribution is 2.33. The molecule has 4 amide bonds. The lowest BCUT2D eigenvalue weighted by molar-refractivity contribution is -0.136. The summed E-state index contributed by atoms with van der Waals surface area (Å²) in [6, 6.07) is 14.6. The number of rotatable bonds is 16. The number of carbonyl (C=O) groups excluding carboxylic acids is 4. The Morgan fingerprint density at radius 1 is 0.879 bits per heavy atom. The Morgan fingerprint density at radius 2 is 1.59 bits per heavy atom. The first-order valence-corrected chi connectivity index (χ1v) is 20.3. The number of aliphatic hydroxyl groups excluding tert-OH is 1. The molecule has 58 heavy (non-hydrogen) atoms.